The molecular weight excluding hydrogens is 499 g/mol. The van der Waals surface area contributed by atoms with Crippen LogP contribution in [-0.2, 0) is 0 Å². The summed E-state index contributed by atoms with van der Waals surface area (Å²) in [5.41, 5.74) is 2.11. The van der Waals surface area contributed by atoms with E-state index in [-0.39, 0.29) is 29.3 Å². The van der Waals surface area contributed by atoms with Crippen LogP contribution in [0.3, 0.4) is 0 Å². The monoisotopic (exact) mass is 515 g/mol. The maximum Gasteiger partial charge on any atom is 0.333 e. The highest BCUT2D eigenvalue weighted by Crippen LogP contribution is 2.34. The molecule has 0 aliphatic carbocycles. The first-order valence-corrected chi connectivity index (χ1v) is 11.0. The Balaban J connectivity index is 1.50. The molecule has 4 aromatic heterocycles. The summed E-state index contributed by atoms with van der Waals surface area (Å²) in [6.45, 7) is -2.98. The summed E-state index contributed by atoms with van der Waals surface area (Å²) in [5.74, 6) is -0.654. The van der Waals surface area contributed by atoms with Crippen molar-refractivity contribution in [2.75, 3.05) is 6.61 Å². The van der Waals surface area contributed by atoms with Gasteiger partial charge in [0.15, 0.2) is 5.82 Å². The fraction of sp³-hybridized carbons (Fsp3) is 0.182. The molecule has 14 heteroatoms. The SMILES string of the molecule is OCC[C@H](c1ccc(-c2c(-n3cnnn3)ccc(Cl)c2F)cn1)n1cc(-c2ccnn2C(F)F)cn1. The summed E-state index contributed by atoms with van der Waals surface area (Å²) >= 11 is 6.03. The van der Waals surface area contributed by atoms with Crippen molar-refractivity contribution in [1.29, 1.82) is 0 Å². The molecule has 4 heterocycles. The lowest BCUT2D eigenvalue weighted by Gasteiger charge is -2.17. The maximum atomic E-state index is 15.1. The van der Waals surface area contributed by atoms with E-state index in [9.17, 15) is 13.9 Å². The molecule has 0 aliphatic rings. The Labute approximate surface area is 206 Å². The van der Waals surface area contributed by atoms with E-state index in [1.807, 2.05) is 0 Å². The minimum absolute atomic E-state index is 0.0730. The number of benzene rings is 1. The van der Waals surface area contributed by atoms with Crippen molar-refractivity contribution in [3.63, 3.8) is 0 Å². The van der Waals surface area contributed by atoms with Crippen molar-refractivity contribution >= 4 is 11.6 Å². The first kappa shape index (κ1) is 23.6. The molecule has 0 bridgehead atoms. The van der Waals surface area contributed by atoms with Crippen LogP contribution in [-0.4, -0.2) is 56.5 Å². The molecule has 0 spiro atoms. The Hall–Kier alpha value is -4.10. The summed E-state index contributed by atoms with van der Waals surface area (Å²) in [7, 11) is 0. The average molecular weight is 516 g/mol. The van der Waals surface area contributed by atoms with Crippen LogP contribution in [0.25, 0.3) is 28.1 Å². The van der Waals surface area contributed by atoms with E-state index in [4.69, 9.17) is 11.6 Å². The zero-order chi connectivity index (χ0) is 25.2. The number of rotatable bonds is 8. The highest BCUT2D eigenvalue weighted by molar-refractivity contribution is 6.31. The predicted octanol–water partition coefficient (Wildman–Crippen LogP) is 3.94. The van der Waals surface area contributed by atoms with Crippen LogP contribution >= 0.6 is 11.6 Å². The first-order valence-electron chi connectivity index (χ1n) is 10.6. The average Bonchev–Trinajstić information content (AvgIpc) is 3.66. The van der Waals surface area contributed by atoms with Crippen molar-refractivity contribution in [2.45, 2.75) is 19.0 Å². The lowest BCUT2D eigenvalue weighted by atomic mass is 10.0. The van der Waals surface area contributed by atoms with E-state index in [2.05, 4.69) is 30.7 Å². The standard InChI is InChI=1S/C22H17ClF3N9O/c23-15-2-4-19(34-12-28-31-32-34)20(21(15)24)13-1-3-16(27-9-13)18(6-8-36)33-11-14(10-30-33)17-5-7-29-35(17)22(25)26/h1-5,7,9-12,18,22,36H,6,8H2/t18-/m1/s1. The van der Waals surface area contributed by atoms with Crippen LogP contribution in [0.1, 0.15) is 24.7 Å². The molecule has 1 N–H and O–H groups in total. The Morgan fingerprint density at radius 1 is 1.03 bits per heavy atom. The molecule has 0 saturated heterocycles. The van der Waals surface area contributed by atoms with Gasteiger partial charge in [0.05, 0.1) is 34.3 Å². The Kier molecular flexibility index (Phi) is 6.48. The van der Waals surface area contributed by atoms with Gasteiger partial charge in [-0.05, 0) is 41.1 Å². The highest BCUT2D eigenvalue weighted by Gasteiger charge is 2.21. The van der Waals surface area contributed by atoms with Crippen molar-refractivity contribution in [1.82, 2.24) is 44.8 Å². The normalized spacial score (nSPS) is 12.4. The molecular formula is C22H17ClF3N9O. The second-order valence-electron chi connectivity index (χ2n) is 7.66. The number of tetrazole rings is 1. The van der Waals surface area contributed by atoms with Crippen molar-refractivity contribution in [3.8, 4) is 28.1 Å². The molecule has 0 aliphatic heterocycles. The van der Waals surface area contributed by atoms with Crippen LogP contribution in [0.2, 0.25) is 5.02 Å². The van der Waals surface area contributed by atoms with Crippen molar-refractivity contribution in [3.05, 3.63) is 78.0 Å². The second-order valence-corrected chi connectivity index (χ2v) is 8.06. The molecule has 0 saturated carbocycles. The minimum atomic E-state index is -2.80. The number of hydrogen-bond acceptors (Lipinski definition) is 7. The van der Waals surface area contributed by atoms with Gasteiger partial charge in [0, 0.05) is 41.9 Å². The Morgan fingerprint density at radius 2 is 1.89 bits per heavy atom. The number of nitrogens with zero attached hydrogens (tertiary/aromatic N) is 9. The van der Waals surface area contributed by atoms with Crippen LogP contribution in [0.5, 0.6) is 0 Å². The summed E-state index contributed by atoms with van der Waals surface area (Å²) in [5, 5.41) is 28.5. The van der Waals surface area contributed by atoms with Crippen molar-refractivity contribution < 1.29 is 18.3 Å². The number of pyridine rings is 1. The van der Waals surface area contributed by atoms with Crippen molar-refractivity contribution in [2.24, 2.45) is 0 Å². The molecule has 0 unspecified atom stereocenters. The van der Waals surface area contributed by atoms with Gasteiger partial charge >= 0.3 is 6.55 Å². The van der Waals surface area contributed by atoms with Gasteiger partial charge in [-0.3, -0.25) is 9.67 Å². The van der Waals surface area contributed by atoms with E-state index in [1.165, 1.54) is 46.4 Å². The molecule has 5 aromatic rings. The third-order valence-corrected chi connectivity index (χ3v) is 5.85. The van der Waals surface area contributed by atoms with Gasteiger partial charge in [-0.1, -0.05) is 17.7 Å². The largest absolute Gasteiger partial charge is 0.396 e. The molecule has 36 heavy (non-hydrogen) atoms. The number of alkyl halides is 2. The van der Waals surface area contributed by atoms with Crippen LogP contribution < -0.4 is 0 Å². The number of aromatic nitrogens is 9. The summed E-state index contributed by atoms with van der Waals surface area (Å²) in [6.07, 6.45) is 7.36. The highest BCUT2D eigenvalue weighted by atomic mass is 35.5. The zero-order valence-corrected chi connectivity index (χ0v) is 19.1. The molecule has 184 valence electrons. The van der Waals surface area contributed by atoms with E-state index in [1.54, 1.807) is 24.4 Å². The van der Waals surface area contributed by atoms with Gasteiger partial charge in [0.1, 0.15) is 6.33 Å². The minimum Gasteiger partial charge on any atom is -0.396 e. The van der Waals surface area contributed by atoms with Gasteiger partial charge in [-0.25, -0.2) is 9.07 Å². The molecule has 10 nitrogen and oxygen atoms in total. The molecule has 0 radical (unpaired) electrons. The van der Waals surface area contributed by atoms with E-state index >= 15 is 4.39 Å². The smallest absolute Gasteiger partial charge is 0.333 e. The first-order chi connectivity index (χ1) is 17.5. The molecule has 0 fully saturated rings. The second kappa shape index (κ2) is 9.87. The van der Waals surface area contributed by atoms with E-state index in [0.717, 1.165) is 0 Å². The Bertz CT molecular complexity index is 1470. The lowest BCUT2D eigenvalue weighted by molar-refractivity contribution is 0.0585. The van der Waals surface area contributed by atoms with Gasteiger partial charge < -0.3 is 5.11 Å². The van der Waals surface area contributed by atoms with Gasteiger partial charge in [0.2, 0.25) is 0 Å². The van der Waals surface area contributed by atoms with Crippen LogP contribution in [0.15, 0.2) is 61.4 Å². The third-order valence-electron chi connectivity index (χ3n) is 5.56. The van der Waals surface area contributed by atoms with E-state index < -0.39 is 18.4 Å². The van der Waals surface area contributed by atoms with Gasteiger partial charge in [0.25, 0.3) is 0 Å². The van der Waals surface area contributed by atoms with Gasteiger partial charge in [-0.15, -0.1) is 5.10 Å². The number of halogens is 4. The fourth-order valence-corrected chi connectivity index (χ4v) is 4.06. The lowest BCUT2D eigenvalue weighted by Crippen LogP contribution is -2.14. The molecule has 5 rings (SSSR count). The third kappa shape index (κ3) is 4.33. The Morgan fingerprint density at radius 3 is 2.58 bits per heavy atom. The summed E-state index contributed by atoms with van der Waals surface area (Å²) in [4.78, 5) is 4.48. The number of hydrogen-bond donors (Lipinski definition) is 1. The molecule has 1 atom stereocenters. The van der Waals surface area contributed by atoms with Gasteiger partial charge in [-0.2, -0.15) is 23.7 Å². The van der Waals surface area contributed by atoms with Crippen LogP contribution in [0.4, 0.5) is 13.2 Å². The number of aliphatic hydroxyl groups is 1. The quantitative estimate of drug-likeness (QED) is 0.333. The maximum absolute atomic E-state index is 15.1. The summed E-state index contributed by atoms with van der Waals surface area (Å²) in [6, 6.07) is 7.28. The molecule has 0 amide bonds. The summed E-state index contributed by atoms with van der Waals surface area (Å²) < 4.78 is 45.0. The topological polar surface area (TPSA) is 112 Å². The fourth-order valence-electron chi connectivity index (χ4n) is 3.91. The van der Waals surface area contributed by atoms with E-state index in [0.29, 0.717) is 27.2 Å². The predicted molar refractivity (Wildman–Crippen MR) is 122 cm³/mol. The molecule has 1 aromatic carbocycles. The van der Waals surface area contributed by atoms with Crippen LogP contribution in [0, 0.1) is 5.82 Å². The zero-order valence-electron chi connectivity index (χ0n) is 18.3. The number of aliphatic hydroxyl groups excluding tert-OH is 1.